The van der Waals surface area contributed by atoms with E-state index in [1.54, 1.807) is 39.0 Å². The van der Waals surface area contributed by atoms with Gasteiger partial charge in [0.15, 0.2) is 0 Å². The smallest absolute Gasteiger partial charge is 0.408 e. The number of primary amides is 1. The molecule has 0 spiro atoms. The first-order valence-corrected chi connectivity index (χ1v) is 13.5. The Balaban J connectivity index is 3.48. The lowest BCUT2D eigenvalue weighted by molar-refractivity contribution is -0.143. The summed E-state index contributed by atoms with van der Waals surface area (Å²) < 4.78 is 5.31. The lowest BCUT2D eigenvalue weighted by Crippen LogP contribution is -2.54. The Labute approximate surface area is 227 Å². The number of benzene rings is 1. The maximum absolute atomic E-state index is 14.0. The molecule has 0 aliphatic rings. The third-order valence-corrected chi connectivity index (χ3v) is 5.78. The van der Waals surface area contributed by atoms with Crippen molar-refractivity contribution in [1.82, 2.24) is 15.5 Å². The van der Waals surface area contributed by atoms with Gasteiger partial charge in [0, 0.05) is 13.1 Å². The second-order valence-corrected chi connectivity index (χ2v) is 10.4. The molecule has 212 valence electrons. The van der Waals surface area contributed by atoms with E-state index >= 15 is 0 Å². The molecule has 1 aromatic carbocycles. The summed E-state index contributed by atoms with van der Waals surface area (Å²) in [4.78, 5) is 53.5. The molecule has 4 amide bonds. The summed E-state index contributed by atoms with van der Waals surface area (Å²) in [5, 5.41) is 5.47. The van der Waals surface area contributed by atoms with E-state index in [4.69, 9.17) is 10.5 Å². The van der Waals surface area contributed by atoms with Crippen LogP contribution in [0.5, 0.6) is 0 Å². The van der Waals surface area contributed by atoms with E-state index in [1.165, 1.54) is 4.90 Å². The zero-order chi connectivity index (χ0) is 28.7. The molecule has 9 heteroatoms. The number of nitrogens with zero attached hydrogens (tertiary/aromatic N) is 1. The predicted octanol–water partition coefficient (Wildman–Crippen LogP) is 4.46. The highest BCUT2D eigenvalue weighted by molar-refractivity contribution is 5.94. The van der Waals surface area contributed by atoms with Crippen LogP contribution in [0.15, 0.2) is 30.8 Å². The summed E-state index contributed by atoms with van der Waals surface area (Å²) in [6.07, 6.45) is 5.56. The number of hydrogen-bond donors (Lipinski definition) is 3. The number of nitrogens with two attached hydrogens (primary N) is 1. The third kappa shape index (κ3) is 11.8. The van der Waals surface area contributed by atoms with E-state index in [1.807, 2.05) is 19.1 Å². The third-order valence-electron chi connectivity index (χ3n) is 5.78. The molecule has 1 aromatic rings. The number of alkyl carbamates (subject to hydrolysis) is 1. The van der Waals surface area contributed by atoms with Crippen molar-refractivity contribution >= 4 is 29.9 Å². The number of hydrogen-bond acceptors (Lipinski definition) is 5. The molecule has 0 radical (unpaired) electrons. The summed E-state index contributed by atoms with van der Waals surface area (Å²) in [6, 6.07) is 4.99. The molecule has 2 atom stereocenters. The lowest BCUT2D eigenvalue weighted by Gasteiger charge is -2.34. The quantitative estimate of drug-likeness (QED) is 0.272. The molecule has 0 saturated carbocycles. The molecule has 0 bridgehead atoms. The normalized spacial score (nSPS) is 12.7. The summed E-state index contributed by atoms with van der Waals surface area (Å²) in [6.45, 7) is 13.7. The Bertz CT molecular complexity index is 941. The van der Waals surface area contributed by atoms with Gasteiger partial charge in [0.1, 0.15) is 17.7 Å². The van der Waals surface area contributed by atoms with Crippen LogP contribution in [0.3, 0.4) is 0 Å². The van der Waals surface area contributed by atoms with Crippen molar-refractivity contribution in [1.29, 1.82) is 0 Å². The summed E-state index contributed by atoms with van der Waals surface area (Å²) in [7, 11) is 0. The largest absolute Gasteiger partial charge is 0.444 e. The Morgan fingerprint density at radius 2 is 1.74 bits per heavy atom. The van der Waals surface area contributed by atoms with Crippen LogP contribution in [0.4, 0.5) is 4.79 Å². The van der Waals surface area contributed by atoms with Crippen LogP contribution in [-0.4, -0.2) is 53.4 Å². The molecule has 0 aliphatic carbocycles. The Kier molecular flexibility index (Phi) is 14.2. The average molecular weight is 531 g/mol. The molecular weight excluding hydrogens is 484 g/mol. The number of ether oxygens (including phenoxy) is 1. The Hall–Kier alpha value is -3.36. The van der Waals surface area contributed by atoms with Gasteiger partial charge in [-0.25, -0.2) is 4.79 Å². The number of rotatable bonds is 16. The van der Waals surface area contributed by atoms with E-state index in [9.17, 15) is 19.2 Å². The first-order chi connectivity index (χ1) is 17.9. The molecule has 0 aromatic heterocycles. The minimum Gasteiger partial charge on any atom is -0.444 e. The van der Waals surface area contributed by atoms with Crippen LogP contribution in [0.2, 0.25) is 0 Å². The van der Waals surface area contributed by atoms with Crippen LogP contribution < -0.4 is 16.4 Å². The van der Waals surface area contributed by atoms with Gasteiger partial charge in [-0.15, -0.1) is 0 Å². The summed E-state index contributed by atoms with van der Waals surface area (Å²) in [5.41, 5.74) is 6.04. The van der Waals surface area contributed by atoms with Gasteiger partial charge in [0.05, 0.1) is 6.42 Å². The molecule has 0 saturated heterocycles. The summed E-state index contributed by atoms with van der Waals surface area (Å²) >= 11 is 0. The second kappa shape index (κ2) is 16.5. The van der Waals surface area contributed by atoms with Gasteiger partial charge in [0.2, 0.25) is 17.7 Å². The van der Waals surface area contributed by atoms with Crippen LogP contribution in [0, 0.1) is 0 Å². The van der Waals surface area contributed by atoms with Gasteiger partial charge in [0.25, 0.3) is 0 Å². The van der Waals surface area contributed by atoms with Gasteiger partial charge in [-0.3, -0.25) is 14.4 Å². The summed E-state index contributed by atoms with van der Waals surface area (Å²) in [5.74, 6) is -1.67. The van der Waals surface area contributed by atoms with Gasteiger partial charge in [-0.2, -0.15) is 0 Å². The zero-order valence-electron chi connectivity index (χ0n) is 23.7. The monoisotopic (exact) mass is 530 g/mol. The van der Waals surface area contributed by atoms with Gasteiger partial charge < -0.3 is 26.0 Å². The number of carbonyl (C=O) groups is 4. The number of nitrogens with one attached hydrogen (secondary N) is 2. The highest BCUT2D eigenvalue weighted by Crippen LogP contribution is 2.25. The fourth-order valence-corrected chi connectivity index (χ4v) is 3.96. The maximum Gasteiger partial charge on any atom is 0.408 e. The number of carbonyl (C=O) groups excluding carboxylic acids is 4. The Morgan fingerprint density at radius 3 is 2.32 bits per heavy atom. The van der Waals surface area contributed by atoms with Crippen LogP contribution in [-0.2, 0) is 19.1 Å². The SMILES string of the molecule is C=Cc1cccc(C(C(=O)NCCCCC)N(CCCCC)C(=O)C(CC(N)=O)NC(=O)OC(C)(C)C)c1. The van der Waals surface area contributed by atoms with Crippen molar-refractivity contribution in [2.24, 2.45) is 5.73 Å². The first kappa shape index (κ1) is 32.7. The minimum absolute atomic E-state index is 0.253. The maximum atomic E-state index is 14.0. The predicted molar refractivity (Wildman–Crippen MR) is 150 cm³/mol. The van der Waals surface area contributed by atoms with E-state index in [0.717, 1.165) is 37.7 Å². The average Bonchev–Trinajstić information content (AvgIpc) is 2.84. The standard InChI is InChI=1S/C29H46N4O5/c1-7-10-12-17-31-26(35)25(22-16-14-15-21(9-3)19-22)33(18-13-11-8-2)27(36)23(20-24(30)34)32-28(37)38-29(4,5)6/h9,14-16,19,23,25H,3,7-8,10-13,17-18,20H2,1-2,4-6H3,(H2,30,34)(H,31,35)(H,32,37). The van der Waals surface area contributed by atoms with Gasteiger partial charge in [-0.1, -0.05) is 70.4 Å². The topological polar surface area (TPSA) is 131 Å². The highest BCUT2D eigenvalue weighted by Gasteiger charge is 2.36. The molecule has 0 heterocycles. The Morgan fingerprint density at radius 1 is 1.08 bits per heavy atom. The highest BCUT2D eigenvalue weighted by atomic mass is 16.6. The van der Waals surface area contributed by atoms with Crippen molar-refractivity contribution < 1.29 is 23.9 Å². The van der Waals surface area contributed by atoms with E-state index in [0.29, 0.717) is 18.5 Å². The molecular formula is C29H46N4O5. The van der Waals surface area contributed by atoms with Crippen molar-refractivity contribution in [3.05, 3.63) is 42.0 Å². The minimum atomic E-state index is -1.29. The second-order valence-electron chi connectivity index (χ2n) is 10.4. The molecule has 1 rings (SSSR count). The van der Waals surface area contributed by atoms with Crippen molar-refractivity contribution in [3.63, 3.8) is 0 Å². The van der Waals surface area contributed by atoms with E-state index < -0.39 is 42.0 Å². The fraction of sp³-hybridized carbons (Fsp3) is 0.586. The van der Waals surface area contributed by atoms with E-state index in [-0.39, 0.29) is 12.5 Å². The lowest BCUT2D eigenvalue weighted by atomic mass is 9.99. The fourth-order valence-electron chi connectivity index (χ4n) is 3.96. The van der Waals surface area contributed by atoms with E-state index in [2.05, 4.69) is 24.1 Å². The first-order valence-electron chi connectivity index (χ1n) is 13.5. The molecule has 0 aliphatic heterocycles. The van der Waals surface area contributed by atoms with Crippen molar-refractivity contribution in [2.75, 3.05) is 13.1 Å². The molecule has 4 N–H and O–H groups in total. The number of unbranched alkanes of at least 4 members (excludes halogenated alkanes) is 4. The molecule has 38 heavy (non-hydrogen) atoms. The molecule has 0 fully saturated rings. The van der Waals surface area contributed by atoms with Crippen molar-refractivity contribution in [2.45, 2.75) is 97.2 Å². The van der Waals surface area contributed by atoms with Crippen LogP contribution in [0.25, 0.3) is 6.08 Å². The number of amides is 4. The van der Waals surface area contributed by atoms with Gasteiger partial charge >= 0.3 is 6.09 Å². The van der Waals surface area contributed by atoms with Crippen LogP contribution >= 0.6 is 0 Å². The zero-order valence-corrected chi connectivity index (χ0v) is 23.7. The molecule has 9 nitrogen and oxygen atoms in total. The van der Waals surface area contributed by atoms with Gasteiger partial charge in [-0.05, 0) is 50.8 Å². The van der Waals surface area contributed by atoms with Crippen LogP contribution in [0.1, 0.15) is 96.7 Å². The molecule has 2 unspecified atom stereocenters. The van der Waals surface area contributed by atoms with Crippen molar-refractivity contribution in [3.8, 4) is 0 Å².